The van der Waals surface area contributed by atoms with Crippen LogP contribution in [0, 0.1) is 12.7 Å². The second-order valence-corrected chi connectivity index (χ2v) is 11.9. The molecule has 2 aromatic heterocycles. The summed E-state index contributed by atoms with van der Waals surface area (Å²) in [5, 5.41) is 6.20. The van der Waals surface area contributed by atoms with Crippen LogP contribution in [0.2, 0.25) is 5.15 Å². The fourth-order valence-corrected chi connectivity index (χ4v) is 4.88. The van der Waals surface area contributed by atoms with Crippen LogP contribution in [0.5, 0.6) is 0 Å². The molecule has 3 heterocycles. The molecule has 0 radical (unpaired) electrons. The zero-order valence-corrected chi connectivity index (χ0v) is 24.1. The van der Waals surface area contributed by atoms with Crippen LogP contribution < -0.4 is 10.6 Å². The highest BCUT2D eigenvalue weighted by molar-refractivity contribution is 6.32. The van der Waals surface area contributed by atoms with Crippen molar-refractivity contribution in [3.05, 3.63) is 59.0 Å². The summed E-state index contributed by atoms with van der Waals surface area (Å²) in [4.78, 5) is 35.0. The number of nitrogens with zero attached hydrogens (tertiary/aromatic N) is 4. The van der Waals surface area contributed by atoms with Crippen molar-refractivity contribution in [1.82, 2.24) is 24.8 Å². The summed E-state index contributed by atoms with van der Waals surface area (Å²) in [6.07, 6.45) is 5.12. The van der Waals surface area contributed by atoms with Gasteiger partial charge in [-0.15, -0.1) is 0 Å². The van der Waals surface area contributed by atoms with E-state index < -0.39 is 35.6 Å². The van der Waals surface area contributed by atoms with Gasteiger partial charge in [-0.1, -0.05) is 11.6 Å². The highest BCUT2D eigenvalue weighted by Crippen LogP contribution is 2.31. The Labute approximate surface area is 242 Å². The molecule has 1 aromatic carbocycles. The number of piperidine rings is 1. The maximum atomic E-state index is 15.1. The number of hydrogen-bond acceptors (Lipinski definition) is 6. The Morgan fingerprint density at radius 2 is 1.90 bits per heavy atom. The second-order valence-electron chi connectivity index (χ2n) is 11.6. The van der Waals surface area contributed by atoms with Gasteiger partial charge in [0.2, 0.25) is 0 Å². The van der Waals surface area contributed by atoms with Gasteiger partial charge < -0.3 is 24.8 Å². The minimum absolute atomic E-state index is 0.0304. The number of ether oxygens (including phenoxy) is 1. The first-order valence-corrected chi connectivity index (χ1v) is 14.0. The maximum absolute atomic E-state index is 15.1. The van der Waals surface area contributed by atoms with E-state index >= 15 is 4.39 Å². The Bertz CT molecular complexity index is 1470. The molecular formula is C29H33ClF2N6O3. The van der Waals surface area contributed by atoms with Crippen molar-refractivity contribution in [3.8, 4) is 16.9 Å². The number of likely N-dealkylation sites (tertiary alicyclic amines) is 1. The summed E-state index contributed by atoms with van der Waals surface area (Å²) in [6.45, 7) is 7.33. The molecule has 218 valence electrons. The van der Waals surface area contributed by atoms with Gasteiger partial charge in [0.25, 0.3) is 5.91 Å². The number of carbonyl (C=O) groups excluding carboxylic acids is 2. The normalized spacial score (nSPS) is 19.1. The molecule has 2 aliphatic rings. The molecule has 2 N–H and O–H groups in total. The van der Waals surface area contributed by atoms with Gasteiger partial charge in [-0.25, -0.2) is 23.5 Å². The van der Waals surface area contributed by atoms with Gasteiger partial charge in [-0.05, 0) is 70.7 Å². The first-order valence-electron chi connectivity index (χ1n) is 13.6. The topological polar surface area (TPSA) is 101 Å². The van der Waals surface area contributed by atoms with Crippen LogP contribution in [-0.2, 0) is 4.74 Å². The molecule has 0 spiro atoms. The van der Waals surface area contributed by atoms with Crippen molar-refractivity contribution in [2.75, 3.05) is 18.4 Å². The number of rotatable bonds is 6. The first kappa shape index (κ1) is 28.8. The van der Waals surface area contributed by atoms with Gasteiger partial charge in [0.1, 0.15) is 22.7 Å². The molecule has 1 saturated heterocycles. The fourth-order valence-electron chi connectivity index (χ4n) is 4.68. The Balaban J connectivity index is 1.31. The van der Waals surface area contributed by atoms with Gasteiger partial charge in [0, 0.05) is 24.3 Å². The van der Waals surface area contributed by atoms with E-state index in [0.717, 1.165) is 12.8 Å². The van der Waals surface area contributed by atoms with Crippen molar-refractivity contribution >= 4 is 29.3 Å². The maximum Gasteiger partial charge on any atom is 0.410 e. The summed E-state index contributed by atoms with van der Waals surface area (Å²) in [5.74, 6) is -1.03. The lowest BCUT2D eigenvalue weighted by Crippen LogP contribution is -2.51. The van der Waals surface area contributed by atoms with Gasteiger partial charge in [-0.2, -0.15) is 0 Å². The van der Waals surface area contributed by atoms with Crippen LogP contribution in [0.1, 0.15) is 56.0 Å². The predicted octanol–water partition coefficient (Wildman–Crippen LogP) is 5.69. The largest absolute Gasteiger partial charge is 0.444 e. The molecule has 2 fully saturated rings. The van der Waals surface area contributed by atoms with E-state index in [1.54, 1.807) is 50.9 Å². The highest BCUT2D eigenvalue weighted by Gasteiger charge is 2.34. The summed E-state index contributed by atoms with van der Waals surface area (Å²) in [6, 6.07) is 4.14. The number of carbonyl (C=O) groups is 2. The lowest BCUT2D eigenvalue weighted by Gasteiger charge is -2.36. The Morgan fingerprint density at radius 1 is 1.15 bits per heavy atom. The van der Waals surface area contributed by atoms with Crippen molar-refractivity contribution in [2.24, 2.45) is 0 Å². The van der Waals surface area contributed by atoms with Gasteiger partial charge >= 0.3 is 6.09 Å². The minimum Gasteiger partial charge on any atom is -0.444 e. The Kier molecular flexibility index (Phi) is 7.91. The lowest BCUT2D eigenvalue weighted by atomic mass is 10.0. The third-order valence-electron chi connectivity index (χ3n) is 6.96. The van der Waals surface area contributed by atoms with E-state index in [0.29, 0.717) is 41.2 Å². The highest BCUT2D eigenvalue weighted by atomic mass is 35.5. The van der Waals surface area contributed by atoms with Gasteiger partial charge in [-0.3, -0.25) is 4.79 Å². The summed E-state index contributed by atoms with van der Waals surface area (Å²) >= 11 is 6.41. The molecule has 5 rings (SSSR count). The SMILES string of the molecule is Cc1cc(F)c(C(=O)NC2CC2)cc1-n1cnc(-c2cc(N[C@H]3CCN(C(=O)OC(C)(C)C)C[C@H]3F)cnc2Cl)c1. The smallest absolute Gasteiger partial charge is 0.410 e. The second kappa shape index (κ2) is 11.3. The van der Waals surface area contributed by atoms with Crippen molar-refractivity contribution < 1.29 is 23.1 Å². The molecule has 1 aliphatic heterocycles. The number of nitrogens with one attached hydrogen (secondary N) is 2. The number of aryl methyl sites for hydroxylation is 1. The van der Waals surface area contributed by atoms with E-state index in [1.807, 2.05) is 0 Å². The molecule has 9 nitrogen and oxygen atoms in total. The van der Waals surface area contributed by atoms with Crippen LogP contribution in [0.4, 0.5) is 19.3 Å². The van der Waals surface area contributed by atoms with Crippen LogP contribution in [0.15, 0.2) is 36.9 Å². The van der Waals surface area contributed by atoms with Crippen LogP contribution in [0.25, 0.3) is 16.9 Å². The number of pyridine rings is 1. The number of imidazole rings is 1. The molecule has 2 amide bonds. The summed E-state index contributed by atoms with van der Waals surface area (Å²) in [5.41, 5.74) is 2.10. The number of alkyl halides is 1. The molecular weight excluding hydrogens is 554 g/mol. The third kappa shape index (κ3) is 6.78. The van der Waals surface area contributed by atoms with E-state index in [4.69, 9.17) is 16.3 Å². The van der Waals surface area contributed by atoms with Gasteiger partial charge in [0.15, 0.2) is 0 Å². The van der Waals surface area contributed by atoms with Gasteiger partial charge in [0.05, 0.1) is 47.7 Å². The molecule has 12 heteroatoms. The Morgan fingerprint density at radius 3 is 2.59 bits per heavy atom. The number of benzene rings is 1. The fraction of sp³-hybridized carbons (Fsp3) is 0.448. The standard InChI is InChI=1S/C29H33ClF2N6O3/c1-16-9-21(31)19(27(39)36-17-5-6-17)11-25(16)38-14-24(34-15-38)20-10-18(12-33-26(20)30)35-23-7-8-37(13-22(23)32)28(40)41-29(2,3)4/h9-12,14-15,17,22-23,35H,5-8,13H2,1-4H3,(H,36,39)/t22-,23+/m1/s1. The van der Waals surface area contributed by atoms with Crippen LogP contribution >= 0.6 is 11.6 Å². The molecule has 1 saturated carbocycles. The zero-order chi connectivity index (χ0) is 29.5. The van der Waals surface area contributed by atoms with E-state index in [1.165, 1.54) is 23.2 Å². The third-order valence-corrected chi connectivity index (χ3v) is 7.26. The monoisotopic (exact) mass is 586 g/mol. The van der Waals surface area contributed by atoms with Crippen LogP contribution in [0.3, 0.4) is 0 Å². The quantitative estimate of drug-likeness (QED) is 0.360. The number of hydrogen-bond donors (Lipinski definition) is 2. The summed E-state index contributed by atoms with van der Waals surface area (Å²) < 4.78 is 36.7. The number of aromatic nitrogens is 3. The molecule has 41 heavy (non-hydrogen) atoms. The van der Waals surface area contributed by atoms with Crippen molar-refractivity contribution in [2.45, 2.75) is 70.8 Å². The molecule has 0 unspecified atom stereocenters. The van der Waals surface area contributed by atoms with E-state index in [9.17, 15) is 14.0 Å². The number of amides is 2. The van der Waals surface area contributed by atoms with E-state index in [-0.39, 0.29) is 23.3 Å². The average Bonchev–Trinajstić information content (AvgIpc) is 3.57. The van der Waals surface area contributed by atoms with Crippen LogP contribution in [-0.4, -0.2) is 68.4 Å². The molecule has 1 aliphatic carbocycles. The minimum atomic E-state index is -1.32. The molecule has 2 atom stereocenters. The predicted molar refractivity (Wildman–Crippen MR) is 152 cm³/mol. The lowest BCUT2D eigenvalue weighted by molar-refractivity contribution is 0.0125. The summed E-state index contributed by atoms with van der Waals surface area (Å²) in [7, 11) is 0. The molecule has 0 bridgehead atoms. The average molecular weight is 587 g/mol. The Hall–Kier alpha value is -3.73. The van der Waals surface area contributed by atoms with Crippen molar-refractivity contribution in [3.63, 3.8) is 0 Å². The first-order chi connectivity index (χ1) is 19.4. The van der Waals surface area contributed by atoms with Crippen molar-refractivity contribution in [1.29, 1.82) is 0 Å². The number of halogens is 3. The number of anilines is 1. The molecule has 3 aromatic rings. The van der Waals surface area contributed by atoms with E-state index in [2.05, 4.69) is 20.6 Å². The zero-order valence-electron chi connectivity index (χ0n) is 23.4.